The van der Waals surface area contributed by atoms with Crippen LogP contribution in [0.15, 0.2) is 53.4 Å². The number of benzene rings is 2. The van der Waals surface area contributed by atoms with Crippen molar-refractivity contribution < 1.29 is 9.53 Å². The molecule has 1 aliphatic heterocycles. The van der Waals surface area contributed by atoms with Crippen LogP contribution in [0.2, 0.25) is 5.02 Å². The van der Waals surface area contributed by atoms with Gasteiger partial charge in [0.1, 0.15) is 6.10 Å². The van der Waals surface area contributed by atoms with Crippen molar-refractivity contribution in [2.45, 2.75) is 11.0 Å². The molecule has 1 unspecified atom stereocenters. The third-order valence-corrected chi connectivity index (χ3v) is 4.38. The van der Waals surface area contributed by atoms with Gasteiger partial charge in [-0.3, -0.25) is 0 Å². The van der Waals surface area contributed by atoms with Crippen LogP contribution in [0.1, 0.15) is 22.0 Å². The second kappa shape index (κ2) is 5.27. The molecule has 0 fully saturated rings. The van der Waals surface area contributed by atoms with Gasteiger partial charge in [0.15, 0.2) is 0 Å². The van der Waals surface area contributed by atoms with Gasteiger partial charge in [0.2, 0.25) is 0 Å². The summed E-state index contributed by atoms with van der Waals surface area (Å²) in [7, 11) is 0. The summed E-state index contributed by atoms with van der Waals surface area (Å²) in [6.07, 6.45) is -0.234. The van der Waals surface area contributed by atoms with E-state index in [9.17, 15) is 4.79 Å². The SMILES string of the molecule is O=C1OC(c2ccc(Cl)cc2)CSc2ccccc21. The molecule has 1 aliphatic rings. The largest absolute Gasteiger partial charge is 0.453 e. The number of fused-ring (bicyclic) bond motifs is 1. The van der Waals surface area contributed by atoms with E-state index >= 15 is 0 Å². The molecule has 1 heterocycles. The number of ether oxygens (including phenoxy) is 1. The van der Waals surface area contributed by atoms with Gasteiger partial charge in [-0.1, -0.05) is 35.9 Å². The van der Waals surface area contributed by atoms with Crippen LogP contribution in [0, 0.1) is 0 Å². The maximum absolute atomic E-state index is 12.1. The number of cyclic esters (lactones) is 1. The molecule has 3 rings (SSSR count). The highest BCUT2D eigenvalue weighted by molar-refractivity contribution is 7.99. The molecule has 0 saturated heterocycles. The number of hydrogen-bond donors (Lipinski definition) is 0. The highest BCUT2D eigenvalue weighted by Crippen LogP contribution is 2.34. The third-order valence-electron chi connectivity index (χ3n) is 2.99. The van der Waals surface area contributed by atoms with E-state index in [0.717, 1.165) is 10.5 Å². The first kappa shape index (κ1) is 12.6. The van der Waals surface area contributed by atoms with E-state index in [1.807, 2.05) is 42.5 Å². The van der Waals surface area contributed by atoms with Crippen LogP contribution < -0.4 is 0 Å². The zero-order chi connectivity index (χ0) is 13.2. The summed E-state index contributed by atoms with van der Waals surface area (Å²) in [5, 5.41) is 0.680. The standard InChI is InChI=1S/C15H11ClO2S/c16-11-7-5-10(6-8-11)13-9-19-14-4-2-1-3-12(14)15(17)18-13/h1-8,13H,9H2. The summed E-state index contributed by atoms with van der Waals surface area (Å²) in [6, 6.07) is 15.0. The minimum absolute atomic E-state index is 0.234. The Morgan fingerprint density at radius 2 is 1.84 bits per heavy atom. The van der Waals surface area contributed by atoms with Crippen LogP contribution in [-0.4, -0.2) is 11.7 Å². The first-order chi connectivity index (χ1) is 9.24. The topological polar surface area (TPSA) is 26.3 Å². The van der Waals surface area contributed by atoms with Gasteiger partial charge in [-0.15, -0.1) is 11.8 Å². The highest BCUT2D eigenvalue weighted by Gasteiger charge is 2.24. The molecule has 2 aromatic rings. The lowest BCUT2D eigenvalue weighted by molar-refractivity contribution is 0.0349. The molecule has 4 heteroatoms. The van der Waals surface area contributed by atoms with E-state index in [1.54, 1.807) is 17.8 Å². The second-order valence-corrected chi connectivity index (χ2v) is 5.75. The van der Waals surface area contributed by atoms with Crippen molar-refractivity contribution in [3.05, 3.63) is 64.7 Å². The smallest absolute Gasteiger partial charge is 0.339 e. The summed E-state index contributed by atoms with van der Waals surface area (Å²) in [4.78, 5) is 13.1. The van der Waals surface area contributed by atoms with Crippen LogP contribution in [0.4, 0.5) is 0 Å². The molecule has 2 aromatic carbocycles. The Bertz CT molecular complexity index is 610. The number of esters is 1. The van der Waals surface area contributed by atoms with Crippen molar-refractivity contribution in [2.24, 2.45) is 0 Å². The number of carbonyl (C=O) groups is 1. The molecule has 0 aliphatic carbocycles. The molecule has 0 saturated carbocycles. The van der Waals surface area contributed by atoms with E-state index in [1.165, 1.54) is 0 Å². The number of carbonyl (C=O) groups excluding carboxylic acids is 1. The monoisotopic (exact) mass is 290 g/mol. The van der Waals surface area contributed by atoms with Crippen LogP contribution in [0.3, 0.4) is 0 Å². The lowest BCUT2D eigenvalue weighted by Crippen LogP contribution is -2.11. The molecule has 96 valence electrons. The predicted molar refractivity (Wildman–Crippen MR) is 76.8 cm³/mol. The first-order valence-corrected chi connectivity index (χ1v) is 7.28. The molecule has 0 spiro atoms. The summed E-state index contributed by atoms with van der Waals surface area (Å²) in [5.41, 5.74) is 1.61. The molecule has 0 aromatic heterocycles. The highest BCUT2D eigenvalue weighted by atomic mass is 35.5. The normalized spacial score (nSPS) is 18.4. The van der Waals surface area contributed by atoms with E-state index in [2.05, 4.69) is 0 Å². The van der Waals surface area contributed by atoms with Crippen LogP contribution >= 0.6 is 23.4 Å². The van der Waals surface area contributed by atoms with Crippen LogP contribution in [0.5, 0.6) is 0 Å². The molecule has 1 atom stereocenters. The minimum atomic E-state index is -0.263. The van der Waals surface area contributed by atoms with E-state index in [4.69, 9.17) is 16.3 Å². The van der Waals surface area contributed by atoms with E-state index in [-0.39, 0.29) is 12.1 Å². The van der Waals surface area contributed by atoms with Crippen molar-refractivity contribution in [1.82, 2.24) is 0 Å². The Kier molecular flexibility index (Phi) is 3.49. The Hall–Kier alpha value is -1.45. The van der Waals surface area contributed by atoms with Gasteiger partial charge in [-0.05, 0) is 29.8 Å². The van der Waals surface area contributed by atoms with Gasteiger partial charge < -0.3 is 4.74 Å². The molecule has 0 amide bonds. The number of thioether (sulfide) groups is 1. The van der Waals surface area contributed by atoms with Gasteiger partial charge in [0.25, 0.3) is 0 Å². The molecular weight excluding hydrogens is 280 g/mol. The quantitative estimate of drug-likeness (QED) is 0.731. The Morgan fingerprint density at radius 1 is 1.11 bits per heavy atom. The van der Waals surface area contributed by atoms with Crippen molar-refractivity contribution in [3.63, 3.8) is 0 Å². The van der Waals surface area contributed by atoms with Gasteiger partial charge in [-0.2, -0.15) is 0 Å². The van der Waals surface area contributed by atoms with Gasteiger partial charge >= 0.3 is 5.97 Å². The fourth-order valence-electron chi connectivity index (χ4n) is 2.00. The van der Waals surface area contributed by atoms with Crippen molar-refractivity contribution >= 4 is 29.3 Å². The molecule has 2 nitrogen and oxygen atoms in total. The van der Waals surface area contributed by atoms with Crippen LogP contribution in [-0.2, 0) is 4.74 Å². The van der Waals surface area contributed by atoms with Gasteiger partial charge in [0.05, 0.1) is 5.56 Å². The molecular formula is C15H11ClO2S. The zero-order valence-electron chi connectivity index (χ0n) is 10.0. The van der Waals surface area contributed by atoms with Gasteiger partial charge in [-0.25, -0.2) is 4.79 Å². The second-order valence-electron chi connectivity index (χ2n) is 4.25. The van der Waals surface area contributed by atoms with E-state index in [0.29, 0.717) is 16.3 Å². The maximum atomic E-state index is 12.1. The molecule has 0 bridgehead atoms. The summed E-state index contributed by atoms with van der Waals surface area (Å²) >= 11 is 7.51. The summed E-state index contributed by atoms with van der Waals surface area (Å²) in [5.74, 6) is 0.449. The van der Waals surface area contributed by atoms with Crippen molar-refractivity contribution in [1.29, 1.82) is 0 Å². The van der Waals surface area contributed by atoms with Gasteiger partial charge in [0, 0.05) is 15.7 Å². The van der Waals surface area contributed by atoms with Crippen molar-refractivity contribution in [3.8, 4) is 0 Å². The summed E-state index contributed by atoms with van der Waals surface area (Å²) in [6.45, 7) is 0. The average Bonchev–Trinajstić information content (AvgIpc) is 2.60. The van der Waals surface area contributed by atoms with Crippen LogP contribution in [0.25, 0.3) is 0 Å². The minimum Gasteiger partial charge on any atom is -0.453 e. The maximum Gasteiger partial charge on any atom is 0.339 e. The Labute approximate surface area is 120 Å². The predicted octanol–water partition coefficient (Wildman–Crippen LogP) is 4.34. The first-order valence-electron chi connectivity index (χ1n) is 5.92. The fourth-order valence-corrected chi connectivity index (χ4v) is 3.19. The zero-order valence-corrected chi connectivity index (χ0v) is 11.6. The molecule has 19 heavy (non-hydrogen) atoms. The number of halogens is 1. The fraction of sp³-hybridized carbons (Fsp3) is 0.133. The van der Waals surface area contributed by atoms with E-state index < -0.39 is 0 Å². The summed E-state index contributed by atoms with van der Waals surface area (Å²) < 4.78 is 5.56. The Balaban J connectivity index is 1.89. The number of hydrogen-bond acceptors (Lipinski definition) is 3. The lowest BCUT2D eigenvalue weighted by atomic mass is 10.1. The molecule has 0 N–H and O–H groups in total. The van der Waals surface area contributed by atoms with Crippen molar-refractivity contribution in [2.75, 3.05) is 5.75 Å². The average molecular weight is 291 g/mol. The molecule has 0 radical (unpaired) electrons. The third kappa shape index (κ3) is 2.62. The Morgan fingerprint density at radius 3 is 2.63 bits per heavy atom. The number of rotatable bonds is 1. The lowest BCUT2D eigenvalue weighted by Gasteiger charge is -2.14.